The zero-order valence-corrected chi connectivity index (χ0v) is 12.6. The molecule has 0 amide bonds. The van der Waals surface area contributed by atoms with E-state index in [4.69, 9.17) is 16.6 Å². The van der Waals surface area contributed by atoms with E-state index in [1.54, 1.807) is 23.7 Å². The molecule has 1 atom stereocenters. The number of hydrogen-bond acceptors (Lipinski definition) is 4. The van der Waals surface area contributed by atoms with Crippen molar-refractivity contribution in [3.63, 3.8) is 0 Å². The highest BCUT2D eigenvalue weighted by Crippen LogP contribution is 2.59. The standard InChI is InChI=1S/C16H10ClN3S/c17-14-12-11-9-4-1-5-10(9)13(11)21-16(12)20-15(19-14)8-3-2-6-18-7-8/h2-4,6-7,10H,1,5H2. The quantitative estimate of drug-likeness (QED) is 0.612. The Morgan fingerprint density at radius 2 is 2.24 bits per heavy atom. The van der Waals surface area contributed by atoms with Gasteiger partial charge in [-0.25, -0.2) is 9.97 Å². The van der Waals surface area contributed by atoms with Crippen LogP contribution in [0.4, 0.5) is 0 Å². The lowest BCUT2D eigenvalue weighted by Gasteiger charge is -2.25. The molecule has 5 heteroatoms. The van der Waals surface area contributed by atoms with E-state index in [0.29, 0.717) is 16.9 Å². The van der Waals surface area contributed by atoms with E-state index < -0.39 is 0 Å². The first-order chi connectivity index (χ1) is 10.3. The Morgan fingerprint density at radius 3 is 3.10 bits per heavy atom. The second-order valence-corrected chi connectivity index (χ2v) is 6.78. The highest BCUT2D eigenvalue weighted by atomic mass is 35.5. The summed E-state index contributed by atoms with van der Waals surface area (Å²) in [4.78, 5) is 15.8. The molecule has 3 aromatic heterocycles. The van der Waals surface area contributed by atoms with Gasteiger partial charge in [0.2, 0.25) is 0 Å². The third kappa shape index (κ3) is 1.52. The van der Waals surface area contributed by atoms with E-state index in [-0.39, 0.29) is 0 Å². The summed E-state index contributed by atoms with van der Waals surface area (Å²) in [5.74, 6) is 1.28. The van der Waals surface area contributed by atoms with Crippen molar-refractivity contribution >= 4 is 38.7 Å². The average Bonchev–Trinajstić information content (AvgIpc) is 3.05. The maximum absolute atomic E-state index is 6.46. The Hall–Kier alpha value is -1.78. The number of nitrogens with zero attached hydrogens (tertiary/aromatic N) is 3. The lowest BCUT2D eigenvalue weighted by Crippen LogP contribution is -2.08. The third-order valence-corrected chi connectivity index (χ3v) is 5.73. The van der Waals surface area contributed by atoms with Gasteiger partial charge in [0, 0.05) is 34.3 Å². The fourth-order valence-corrected chi connectivity index (χ4v) is 4.98. The predicted molar refractivity (Wildman–Crippen MR) is 85.6 cm³/mol. The molecule has 0 saturated heterocycles. The van der Waals surface area contributed by atoms with Crippen molar-refractivity contribution in [1.29, 1.82) is 0 Å². The van der Waals surface area contributed by atoms with Crippen LogP contribution in [0.2, 0.25) is 5.15 Å². The van der Waals surface area contributed by atoms with Crippen LogP contribution in [0.5, 0.6) is 0 Å². The van der Waals surface area contributed by atoms with Crippen molar-refractivity contribution < 1.29 is 0 Å². The van der Waals surface area contributed by atoms with Crippen LogP contribution < -0.4 is 0 Å². The second-order valence-electron chi connectivity index (χ2n) is 5.39. The minimum atomic E-state index is 0.558. The molecule has 0 fully saturated rings. The van der Waals surface area contributed by atoms with Gasteiger partial charge in [-0.05, 0) is 30.5 Å². The van der Waals surface area contributed by atoms with Crippen LogP contribution in [-0.4, -0.2) is 15.0 Å². The molecule has 0 spiro atoms. The third-order valence-electron chi connectivity index (χ3n) is 4.25. The van der Waals surface area contributed by atoms with Crippen molar-refractivity contribution in [2.45, 2.75) is 18.8 Å². The number of rotatable bonds is 1. The van der Waals surface area contributed by atoms with Crippen LogP contribution in [0.1, 0.15) is 29.2 Å². The van der Waals surface area contributed by atoms with E-state index in [0.717, 1.165) is 15.8 Å². The van der Waals surface area contributed by atoms with Gasteiger partial charge >= 0.3 is 0 Å². The summed E-state index contributed by atoms with van der Waals surface area (Å²) in [7, 11) is 0. The Bertz CT molecular complexity index is 914. The predicted octanol–water partition coefficient (Wildman–Crippen LogP) is 4.68. The number of hydrogen-bond donors (Lipinski definition) is 0. The maximum Gasteiger partial charge on any atom is 0.164 e. The molecule has 21 heavy (non-hydrogen) atoms. The first-order valence-electron chi connectivity index (χ1n) is 6.93. The molecular weight excluding hydrogens is 302 g/mol. The van der Waals surface area contributed by atoms with Crippen molar-refractivity contribution in [3.05, 3.63) is 46.2 Å². The number of halogens is 1. The molecule has 0 N–H and O–H groups in total. The van der Waals surface area contributed by atoms with Crippen LogP contribution in [0, 0.1) is 0 Å². The first-order valence-corrected chi connectivity index (χ1v) is 8.13. The number of pyridine rings is 1. The Balaban J connectivity index is 1.77. The van der Waals surface area contributed by atoms with E-state index in [1.165, 1.54) is 28.9 Å². The van der Waals surface area contributed by atoms with Gasteiger partial charge in [-0.3, -0.25) is 4.98 Å². The Labute approximate surface area is 130 Å². The summed E-state index contributed by atoms with van der Waals surface area (Å²) < 4.78 is 0. The molecule has 3 nitrogen and oxygen atoms in total. The van der Waals surface area contributed by atoms with Crippen LogP contribution in [-0.2, 0) is 0 Å². The van der Waals surface area contributed by atoms with Gasteiger partial charge in [-0.1, -0.05) is 17.7 Å². The molecule has 0 saturated carbocycles. The second kappa shape index (κ2) is 4.12. The zero-order chi connectivity index (χ0) is 14.0. The Morgan fingerprint density at radius 1 is 1.29 bits per heavy atom. The topological polar surface area (TPSA) is 38.7 Å². The van der Waals surface area contributed by atoms with Crippen molar-refractivity contribution in [1.82, 2.24) is 15.0 Å². The Kier molecular flexibility index (Phi) is 2.32. The summed E-state index contributed by atoms with van der Waals surface area (Å²) in [5.41, 5.74) is 3.66. The van der Waals surface area contributed by atoms with Crippen molar-refractivity contribution in [3.8, 4) is 11.4 Å². The fraction of sp³-hybridized carbons (Fsp3) is 0.188. The molecule has 2 aliphatic rings. The minimum absolute atomic E-state index is 0.558. The molecule has 102 valence electrons. The highest BCUT2D eigenvalue weighted by molar-refractivity contribution is 7.19. The lowest BCUT2D eigenvalue weighted by atomic mass is 9.80. The van der Waals surface area contributed by atoms with E-state index in [9.17, 15) is 0 Å². The molecule has 0 aliphatic heterocycles. The molecular formula is C16H10ClN3S. The number of thiophene rings is 1. The largest absolute Gasteiger partial charge is 0.264 e. The molecule has 2 aliphatic carbocycles. The van der Waals surface area contributed by atoms with Crippen LogP contribution >= 0.6 is 22.9 Å². The SMILES string of the molecule is Clc1nc(-c2cccnc2)nc2sc3c(c12)C1=CCCC13. The molecule has 0 bridgehead atoms. The van der Waals surface area contributed by atoms with Gasteiger partial charge in [0.15, 0.2) is 5.82 Å². The minimum Gasteiger partial charge on any atom is -0.264 e. The average molecular weight is 312 g/mol. The summed E-state index contributed by atoms with van der Waals surface area (Å²) in [6.07, 6.45) is 8.26. The van der Waals surface area contributed by atoms with Crippen LogP contribution in [0.25, 0.3) is 27.2 Å². The molecule has 0 radical (unpaired) electrons. The lowest BCUT2D eigenvalue weighted by molar-refractivity contribution is 0.797. The number of fused-ring (bicyclic) bond motifs is 6. The summed E-state index contributed by atoms with van der Waals surface area (Å²) in [6.45, 7) is 0. The summed E-state index contributed by atoms with van der Waals surface area (Å²) in [5, 5.41) is 1.59. The highest BCUT2D eigenvalue weighted by Gasteiger charge is 2.39. The number of allylic oxidation sites excluding steroid dienone is 2. The summed E-state index contributed by atoms with van der Waals surface area (Å²) in [6, 6.07) is 3.84. The van der Waals surface area contributed by atoms with Gasteiger partial charge in [-0.2, -0.15) is 0 Å². The van der Waals surface area contributed by atoms with Gasteiger partial charge in [0.1, 0.15) is 9.98 Å². The first kappa shape index (κ1) is 11.8. The molecule has 3 heterocycles. The monoisotopic (exact) mass is 311 g/mol. The normalized spacial score (nSPS) is 19.1. The van der Waals surface area contributed by atoms with Crippen LogP contribution in [0.3, 0.4) is 0 Å². The number of aromatic nitrogens is 3. The van der Waals surface area contributed by atoms with Gasteiger partial charge in [-0.15, -0.1) is 11.3 Å². The smallest absolute Gasteiger partial charge is 0.164 e. The van der Waals surface area contributed by atoms with E-state index in [2.05, 4.69) is 16.0 Å². The molecule has 0 aromatic carbocycles. The van der Waals surface area contributed by atoms with Gasteiger partial charge in [0.05, 0.1) is 5.39 Å². The van der Waals surface area contributed by atoms with Crippen molar-refractivity contribution in [2.75, 3.05) is 0 Å². The molecule has 5 rings (SSSR count). The fourth-order valence-electron chi connectivity index (χ4n) is 3.31. The van der Waals surface area contributed by atoms with E-state index in [1.807, 2.05) is 12.1 Å². The van der Waals surface area contributed by atoms with E-state index >= 15 is 0 Å². The molecule has 3 aromatic rings. The van der Waals surface area contributed by atoms with Gasteiger partial charge < -0.3 is 0 Å². The summed E-state index contributed by atoms with van der Waals surface area (Å²) >= 11 is 8.23. The maximum atomic E-state index is 6.46. The van der Waals surface area contributed by atoms with Crippen molar-refractivity contribution in [2.24, 2.45) is 0 Å². The van der Waals surface area contributed by atoms with Gasteiger partial charge in [0.25, 0.3) is 0 Å². The molecule has 1 unspecified atom stereocenters. The van der Waals surface area contributed by atoms with Crippen LogP contribution in [0.15, 0.2) is 30.6 Å². The zero-order valence-electron chi connectivity index (χ0n) is 11.0.